The molecule has 0 amide bonds. The van der Waals surface area contributed by atoms with Crippen molar-refractivity contribution in [3.05, 3.63) is 41.8 Å². The predicted octanol–water partition coefficient (Wildman–Crippen LogP) is 1.94. The number of rotatable bonds is 4. The first-order chi connectivity index (χ1) is 10.6. The zero-order valence-electron chi connectivity index (χ0n) is 13.0. The van der Waals surface area contributed by atoms with Gasteiger partial charge < -0.3 is 15.3 Å². The number of benzene rings is 1. The third kappa shape index (κ3) is 3.21. The molecule has 0 aliphatic carbocycles. The molecule has 118 valence electrons. The number of nitrogens with zero attached hydrogens (tertiary/aromatic N) is 2. The number of aliphatic hydroxyl groups is 1. The first kappa shape index (κ1) is 15.2. The van der Waals surface area contributed by atoms with E-state index < -0.39 is 5.60 Å². The molecule has 1 aliphatic heterocycles. The molecule has 2 aromatic rings. The number of hydrogen-bond donors (Lipinski definition) is 2. The van der Waals surface area contributed by atoms with Crippen LogP contribution in [0.1, 0.15) is 24.3 Å². The van der Waals surface area contributed by atoms with E-state index in [-0.39, 0.29) is 0 Å². The number of likely N-dealkylation sites (tertiary alicyclic amines) is 1. The zero-order valence-corrected chi connectivity index (χ0v) is 13.0. The summed E-state index contributed by atoms with van der Waals surface area (Å²) < 4.78 is 5.94. The van der Waals surface area contributed by atoms with Crippen LogP contribution in [0.2, 0.25) is 0 Å². The maximum absolute atomic E-state index is 10.2. The van der Waals surface area contributed by atoms with E-state index in [1.165, 1.54) is 0 Å². The summed E-state index contributed by atoms with van der Waals surface area (Å²) >= 11 is 0. The van der Waals surface area contributed by atoms with Gasteiger partial charge in [-0.05, 0) is 31.9 Å². The Bertz CT molecular complexity index is 616. The molecular formula is C17H23N3O2. The fraction of sp³-hybridized carbons (Fsp3) is 0.471. The Morgan fingerprint density at radius 2 is 1.95 bits per heavy atom. The van der Waals surface area contributed by atoms with Gasteiger partial charge in [0.1, 0.15) is 5.76 Å². The first-order valence-electron chi connectivity index (χ1n) is 7.76. The molecule has 1 aromatic heterocycles. The van der Waals surface area contributed by atoms with Crippen LogP contribution in [0.4, 0.5) is 0 Å². The summed E-state index contributed by atoms with van der Waals surface area (Å²) in [4.78, 5) is 6.81. The normalized spacial score (nSPS) is 18.5. The van der Waals surface area contributed by atoms with Crippen LogP contribution in [0.3, 0.4) is 0 Å². The monoisotopic (exact) mass is 301 g/mol. The Morgan fingerprint density at radius 3 is 2.59 bits per heavy atom. The molecule has 0 atom stereocenters. The maximum Gasteiger partial charge on any atom is 0.226 e. The lowest BCUT2D eigenvalue weighted by molar-refractivity contribution is -0.0166. The van der Waals surface area contributed by atoms with E-state index in [9.17, 15) is 5.11 Å². The quantitative estimate of drug-likeness (QED) is 0.902. The zero-order chi connectivity index (χ0) is 15.6. The third-order valence-corrected chi connectivity index (χ3v) is 4.45. The van der Waals surface area contributed by atoms with Crippen molar-refractivity contribution < 1.29 is 9.52 Å². The summed E-state index contributed by atoms with van der Waals surface area (Å²) in [5.41, 5.74) is 6.86. The van der Waals surface area contributed by atoms with Gasteiger partial charge in [0, 0.05) is 25.2 Å². The average Bonchev–Trinajstić information content (AvgIpc) is 2.92. The van der Waals surface area contributed by atoms with E-state index in [0.717, 1.165) is 36.7 Å². The highest BCUT2D eigenvalue weighted by atomic mass is 16.4. The minimum absolute atomic E-state index is 0.334. The summed E-state index contributed by atoms with van der Waals surface area (Å²) in [5.74, 6) is 1.57. The summed E-state index contributed by atoms with van der Waals surface area (Å²) in [6.07, 6.45) is 1.42. The highest BCUT2D eigenvalue weighted by molar-refractivity contribution is 5.53. The van der Waals surface area contributed by atoms with Crippen LogP contribution in [0.5, 0.6) is 0 Å². The lowest BCUT2D eigenvalue weighted by Crippen LogP contribution is -2.48. The topological polar surface area (TPSA) is 75.5 Å². The molecule has 5 nitrogen and oxygen atoms in total. The molecule has 0 bridgehead atoms. The molecule has 1 aromatic carbocycles. The van der Waals surface area contributed by atoms with Gasteiger partial charge in [-0.25, -0.2) is 4.98 Å². The fourth-order valence-electron chi connectivity index (χ4n) is 2.81. The molecule has 2 heterocycles. The first-order valence-corrected chi connectivity index (χ1v) is 7.76. The van der Waals surface area contributed by atoms with Gasteiger partial charge in [0.2, 0.25) is 5.89 Å². The minimum Gasteiger partial charge on any atom is -0.440 e. The van der Waals surface area contributed by atoms with Crippen molar-refractivity contribution >= 4 is 0 Å². The van der Waals surface area contributed by atoms with Crippen molar-refractivity contribution in [2.24, 2.45) is 5.73 Å². The van der Waals surface area contributed by atoms with E-state index in [0.29, 0.717) is 25.3 Å². The van der Waals surface area contributed by atoms with Crippen molar-refractivity contribution in [2.45, 2.75) is 31.9 Å². The lowest BCUT2D eigenvalue weighted by Gasteiger charge is -2.37. The number of aromatic nitrogens is 1. The van der Waals surface area contributed by atoms with Crippen LogP contribution < -0.4 is 5.73 Å². The van der Waals surface area contributed by atoms with Crippen molar-refractivity contribution in [1.82, 2.24) is 9.88 Å². The van der Waals surface area contributed by atoms with Gasteiger partial charge in [0.25, 0.3) is 0 Å². The van der Waals surface area contributed by atoms with Crippen LogP contribution in [0, 0.1) is 6.92 Å². The van der Waals surface area contributed by atoms with Crippen LogP contribution in [-0.2, 0) is 6.54 Å². The van der Waals surface area contributed by atoms with E-state index in [1.54, 1.807) is 0 Å². The third-order valence-electron chi connectivity index (χ3n) is 4.45. The van der Waals surface area contributed by atoms with Crippen molar-refractivity contribution in [2.75, 3.05) is 19.6 Å². The molecule has 1 saturated heterocycles. The summed E-state index contributed by atoms with van der Waals surface area (Å²) in [6, 6.07) is 9.93. The van der Waals surface area contributed by atoms with Crippen LogP contribution in [-0.4, -0.2) is 40.2 Å². The van der Waals surface area contributed by atoms with Gasteiger partial charge in [-0.3, -0.25) is 4.90 Å². The van der Waals surface area contributed by atoms with Gasteiger partial charge >= 0.3 is 0 Å². The fourth-order valence-corrected chi connectivity index (χ4v) is 2.81. The standard InChI is InChI=1S/C17H23N3O2/c1-13-15(11-20-9-7-17(21,12-18)8-10-20)22-16(19-13)14-5-3-2-4-6-14/h2-6,21H,7-12,18H2,1H3. The molecule has 0 spiro atoms. The predicted molar refractivity (Wildman–Crippen MR) is 85.2 cm³/mol. The largest absolute Gasteiger partial charge is 0.440 e. The van der Waals surface area contributed by atoms with Gasteiger partial charge in [0.05, 0.1) is 17.8 Å². The number of nitrogens with two attached hydrogens (primary N) is 1. The second-order valence-corrected chi connectivity index (χ2v) is 6.10. The molecule has 22 heavy (non-hydrogen) atoms. The molecule has 1 fully saturated rings. The molecule has 0 saturated carbocycles. The summed E-state index contributed by atoms with van der Waals surface area (Å²) in [6.45, 7) is 4.70. The molecule has 5 heteroatoms. The van der Waals surface area contributed by atoms with Crippen LogP contribution >= 0.6 is 0 Å². The lowest BCUT2D eigenvalue weighted by atomic mass is 9.91. The van der Waals surface area contributed by atoms with Crippen molar-refractivity contribution in [3.8, 4) is 11.5 Å². The Morgan fingerprint density at radius 1 is 1.27 bits per heavy atom. The highest BCUT2D eigenvalue weighted by Gasteiger charge is 2.31. The van der Waals surface area contributed by atoms with Gasteiger partial charge in [0.15, 0.2) is 0 Å². The van der Waals surface area contributed by atoms with Crippen molar-refractivity contribution in [1.29, 1.82) is 0 Å². The average molecular weight is 301 g/mol. The minimum atomic E-state index is -0.692. The Balaban J connectivity index is 1.68. The maximum atomic E-state index is 10.2. The smallest absolute Gasteiger partial charge is 0.226 e. The molecule has 0 radical (unpaired) electrons. The number of aryl methyl sites for hydroxylation is 1. The molecule has 1 aliphatic rings. The van der Waals surface area contributed by atoms with E-state index >= 15 is 0 Å². The van der Waals surface area contributed by atoms with Gasteiger partial charge in [-0.2, -0.15) is 0 Å². The van der Waals surface area contributed by atoms with Crippen molar-refractivity contribution in [3.63, 3.8) is 0 Å². The molecule has 0 unspecified atom stereocenters. The Labute approximate surface area is 130 Å². The second-order valence-electron chi connectivity index (χ2n) is 6.10. The molecule has 3 rings (SSSR count). The van der Waals surface area contributed by atoms with E-state index in [4.69, 9.17) is 10.2 Å². The molecular weight excluding hydrogens is 278 g/mol. The second kappa shape index (κ2) is 6.20. The van der Waals surface area contributed by atoms with Gasteiger partial charge in [-0.1, -0.05) is 18.2 Å². The number of oxazole rings is 1. The van der Waals surface area contributed by atoms with E-state index in [2.05, 4.69) is 9.88 Å². The number of piperidine rings is 1. The summed E-state index contributed by atoms with van der Waals surface area (Å²) in [5, 5.41) is 10.2. The van der Waals surface area contributed by atoms with E-state index in [1.807, 2.05) is 37.3 Å². The highest BCUT2D eigenvalue weighted by Crippen LogP contribution is 2.25. The Kier molecular flexibility index (Phi) is 4.29. The summed E-state index contributed by atoms with van der Waals surface area (Å²) in [7, 11) is 0. The van der Waals surface area contributed by atoms with Crippen LogP contribution in [0.15, 0.2) is 34.7 Å². The number of hydrogen-bond acceptors (Lipinski definition) is 5. The molecule has 3 N–H and O–H groups in total. The Hall–Kier alpha value is -1.69. The van der Waals surface area contributed by atoms with Gasteiger partial charge in [-0.15, -0.1) is 0 Å². The van der Waals surface area contributed by atoms with Crippen LogP contribution in [0.25, 0.3) is 11.5 Å². The SMILES string of the molecule is Cc1nc(-c2ccccc2)oc1CN1CCC(O)(CN)CC1.